The summed E-state index contributed by atoms with van der Waals surface area (Å²) in [6, 6.07) is 19.9. The van der Waals surface area contributed by atoms with Crippen molar-refractivity contribution in [2.45, 2.75) is 33.2 Å². The average molecular weight is 507 g/mol. The fourth-order valence-electron chi connectivity index (χ4n) is 4.61. The average Bonchev–Trinajstić information content (AvgIpc) is 3.23. The van der Waals surface area contributed by atoms with Crippen LogP contribution in [0.1, 0.15) is 37.2 Å². The van der Waals surface area contributed by atoms with Crippen molar-refractivity contribution in [3.05, 3.63) is 88.8 Å². The molecular formula is C29H33ClN3O3+. The summed E-state index contributed by atoms with van der Waals surface area (Å²) in [7, 11) is 3.12. The Bertz CT molecular complexity index is 1340. The summed E-state index contributed by atoms with van der Waals surface area (Å²) in [6.07, 6.45) is 4.55. The van der Waals surface area contributed by atoms with Crippen molar-refractivity contribution in [2.75, 3.05) is 20.8 Å². The van der Waals surface area contributed by atoms with Gasteiger partial charge >= 0.3 is 6.41 Å². The summed E-state index contributed by atoms with van der Waals surface area (Å²) in [5.74, 6) is 1.35. The first kappa shape index (κ1) is 25.7. The normalized spacial score (nSPS) is 13.1. The van der Waals surface area contributed by atoms with Gasteiger partial charge in [0.25, 0.3) is 0 Å². The van der Waals surface area contributed by atoms with Gasteiger partial charge in [0.05, 0.1) is 26.5 Å². The van der Waals surface area contributed by atoms with Gasteiger partial charge in [0, 0.05) is 18.7 Å². The van der Waals surface area contributed by atoms with Crippen LogP contribution < -0.4 is 14.0 Å². The van der Waals surface area contributed by atoms with Crippen molar-refractivity contribution < 1.29 is 14.3 Å². The van der Waals surface area contributed by atoms with Gasteiger partial charge < -0.3 is 13.9 Å². The van der Waals surface area contributed by atoms with Gasteiger partial charge in [-0.25, -0.2) is 14.3 Å². The summed E-state index contributed by atoms with van der Waals surface area (Å²) in [4.78, 5) is 18.0. The van der Waals surface area contributed by atoms with Gasteiger partial charge in [-0.05, 0) is 36.1 Å². The van der Waals surface area contributed by atoms with E-state index in [9.17, 15) is 4.79 Å². The lowest BCUT2D eigenvalue weighted by Crippen LogP contribution is -2.49. The highest BCUT2D eigenvalue weighted by Crippen LogP contribution is 2.44. The largest absolute Gasteiger partial charge is 0.493 e. The second kappa shape index (κ2) is 11.1. The predicted molar refractivity (Wildman–Crippen MR) is 145 cm³/mol. The Hall–Kier alpha value is -3.35. The van der Waals surface area contributed by atoms with Gasteiger partial charge in [-0.3, -0.25) is 0 Å². The lowest BCUT2D eigenvalue weighted by atomic mass is 10.1. The molecule has 0 aliphatic carbocycles. The number of hydrogen-bond acceptors (Lipinski definition) is 4. The molecule has 0 spiro atoms. The Morgan fingerprint density at radius 3 is 2.44 bits per heavy atom. The number of methoxy groups -OCH3 is 2. The number of carbonyl (C=O) groups excluding carboxylic acids is 1. The molecule has 0 saturated carbocycles. The van der Waals surface area contributed by atoms with E-state index in [1.807, 2.05) is 48.7 Å². The summed E-state index contributed by atoms with van der Waals surface area (Å²) >= 11 is 6.88. The first-order valence-electron chi connectivity index (χ1n) is 12.1. The smallest absolute Gasteiger partial charge is 0.306 e. The van der Waals surface area contributed by atoms with E-state index in [1.54, 1.807) is 20.3 Å². The molecule has 2 aromatic carbocycles. The van der Waals surface area contributed by atoms with Crippen LogP contribution in [-0.2, 0) is 17.8 Å². The monoisotopic (exact) mass is 506 g/mol. The van der Waals surface area contributed by atoms with Crippen LogP contribution in [0.4, 0.5) is 5.69 Å². The van der Waals surface area contributed by atoms with E-state index >= 15 is 0 Å². The fraction of sp³-hybridized carbons (Fsp3) is 0.310. The Kier molecular flexibility index (Phi) is 7.97. The van der Waals surface area contributed by atoms with Crippen molar-refractivity contribution in [3.63, 3.8) is 0 Å². The highest BCUT2D eigenvalue weighted by molar-refractivity contribution is 6.35. The number of quaternary nitrogens is 1. The number of nitrogens with zero attached hydrogens (tertiary/aromatic N) is 3. The molecule has 0 aliphatic heterocycles. The van der Waals surface area contributed by atoms with E-state index in [4.69, 9.17) is 26.1 Å². The number of rotatable bonds is 11. The number of ether oxygens (including phenoxy) is 2. The lowest BCUT2D eigenvalue weighted by Gasteiger charge is -2.33. The number of pyridine rings is 1. The van der Waals surface area contributed by atoms with Crippen LogP contribution in [0.2, 0.25) is 5.02 Å². The van der Waals surface area contributed by atoms with Crippen LogP contribution in [0.25, 0.3) is 5.65 Å². The zero-order valence-electron chi connectivity index (χ0n) is 21.3. The number of hydrogen-bond donors (Lipinski definition) is 0. The van der Waals surface area contributed by atoms with Gasteiger partial charge in [0.2, 0.25) is 0 Å². The van der Waals surface area contributed by atoms with E-state index in [0.29, 0.717) is 47.6 Å². The summed E-state index contributed by atoms with van der Waals surface area (Å²) in [5.41, 5.74) is 4.63. The maximum Gasteiger partial charge on any atom is 0.306 e. The highest BCUT2D eigenvalue weighted by atomic mass is 35.5. The van der Waals surface area contributed by atoms with Crippen molar-refractivity contribution in [3.8, 4) is 11.5 Å². The molecule has 1 amide bonds. The number of carbonyl (C=O) groups is 1. The van der Waals surface area contributed by atoms with Crippen molar-refractivity contribution in [1.82, 2.24) is 13.9 Å². The maximum absolute atomic E-state index is 13.0. The lowest BCUT2D eigenvalue weighted by molar-refractivity contribution is -0.118. The molecule has 4 aromatic rings. The van der Waals surface area contributed by atoms with Gasteiger partial charge in [-0.1, -0.05) is 61.8 Å². The minimum atomic E-state index is 0.00302. The molecule has 188 valence electrons. The second-order valence-corrected chi connectivity index (χ2v) is 9.81. The summed E-state index contributed by atoms with van der Waals surface area (Å²) in [6.45, 7) is 5.26. The minimum Gasteiger partial charge on any atom is -0.493 e. The van der Waals surface area contributed by atoms with Gasteiger partial charge in [-0.2, -0.15) is 0 Å². The highest BCUT2D eigenvalue weighted by Gasteiger charge is 2.37. The predicted octanol–water partition coefficient (Wildman–Crippen LogP) is 6.31. The molecule has 1 atom stereocenters. The molecule has 2 aromatic heterocycles. The number of aromatic nitrogens is 2. The Labute approximate surface area is 217 Å². The first-order chi connectivity index (χ1) is 17.4. The molecular weight excluding hydrogens is 474 g/mol. The Morgan fingerprint density at radius 1 is 1.03 bits per heavy atom. The zero-order valence-corrected chi connectivity index (χ0v) is 22.0. The van der Waals surface area contributed by atoms with Crippen molar-refractivity contribution in [2.24, 2.45) is 5.92 Å². The topological polar surface area (TPSA) is 52.8 Å². The van der Waals surface area contributed by atoms with Gasteiger partial charge in [-0.15, -0.1) is 0 Å². The molecule has 0 aliphatic rings. The number of imidazole rings is 1. The molecule has 4 rings (SSSR count). The van der Waals surface area contributed by atoms with E-state index in [2.05, 4.69) is 30.4 Å². The molecule has 0 N–H and O–H groups in total. The Balaban J connectivity index is 1.87. The molecule has 1 unspecified atom stereocenters. The van der Waals surface area contributed by atoms with E-state index in [1.165, 1.54) is 5.56 Å². The maximum atomic E-state index is 13.0. The summed E-state index contributed by atoms with van der Waals surface area (Å²) in [5, 5.41) is 0.376. The van der Waals surface area contributed by atoms with E-state index < -0.39 is 0 Å². The third kappa shape index (κ3) is 5.11. The molecule has 0 radical (unpaired) electrons. The quantitative estimate of drug-likeness (QED) is 0.177. The fourth-order valence-corrected chi connectivity index (χ4v) is 5.01. The second-order valence-electron chi connectivity index (χ2n) is 9.43. The molecule has 2 heterocycles. The third-order valence-electron chi connectivity index (χ3n) is 6.61. The number of halogens is 1. The van der Waals surface area contributed by atoms with Crippen LogP contribution >= 0.6 is 11.6 Å². The number of fused-ring (bicyclic) bond motifs is 1. The van der Waals surface area contributed by atoms with Crippen LogP contribution in [0.5, 0.6) is 11.5 Å². The molecule has 7 heteroatoms. The van der Waals surface area contributed by atoms with Crippen LogP contribution in [0, 0.1) is 5.92 Å². The molecule has 0 saturated heterocycles. The third-order valence-corrected chi connectivity index (χ3v) is 6.98. The molecule has 6 nitrogen and oxygen atoms in total. The van der Waals surface area contributed by atoms with Crippen molar-refractivity contribution >= 4 is 29.3 Å². The number of benzene rings is 2. The molecule has 0 bridgehead atoms. The van der Waals surface area contributed by atoms with Gasteiger partial charge in [0.15, 0.2) is 17.2 Å². The van der Waals surface area contributed by atoms with Gasteiger partial charge in [0.1, 0.15) is 22.9 Å². The Morgan fingerprint density at radius 2 is 1.78 bits per heavy atom. The van der Waals surface area contributed by atoms with Crippen molar-refractivity contribution in [1.29, 1.82) is 0 Å². The van der Waals surface area contributed by atoms with Crippen LogP contribution in [0.15, 0.2) is 66.9 Å². The summed E-state index contributed by atoms with van der Waals surface area (Å²) < 4.78 is 13.1. The van der Waals surface area contributed by atoms with E-state index in [-0.39, 0.29) is 4.48 Å². The minimum absolute atomic E-state index is 0.00302. The van der Waals surface area contributed by atoms with Crippen LogP contribution in [-0.4, -0.2) is 36.6 Å². The van der Waals surface area contributed by atoms with Crippen LogP contribution in [0.3, 0.4) is 0 Å². The zero-order chi connectivity index (χ0) is 25.7. The van der Waals surface area contributed by atoms with E-state index in [0.717, 1.165) is 29.9 Å². The number of amides is 1. The SMILES string of the molecule is COc1ccc([N+](C=O)(CCC(C)C)Cc2nc3ccccn3c2Cc2ccccc2)c(Cl)c1OC. The molecule has 0 fully saturated rings. The first-order valence-corrected chi connectivity index (χ1v) is 12.5. The molecule has 36 heavy (non-hydrogen) atoms. The standard InChI is InChI=1S/C29H33ClN3O3/c1-21(2)15-17-33(20-34,25-13-14-26(35-3)29(36-4)28(25)30)19-23-24(18-22-10-6-5-7-11-22)32-16-9-8-12-27(32)31-23/h5-14,16,20-21H,15,17-19H2,1-4H3/q+1.